The quantitative estimate of drug-likeness (QED) is 0.123. The number of aromatic nitrogens is 6. The molecule has 0 radical (unpaired) electrons. The summed E-state index contributed by atoms with van der Waals surface area (Å²) in [5, 5.41) is 31.6. The average molecular weight is 1540 g/mol. The number of fused-ring (bicyclic) bond motifs is 18. The minimum absolute atomic E-state index is 0.122. The summed E-state index contributed by atoms with van der Waals surface area (Å²) in [5.74, 6) is 2.58. The van der Waals surface area contributed by atoms with Crippen molar-refractivity contribution in [3.8, 4) is 101 Å². The van der Waals surface area contributed by atoms with E-state index >= 15 is 0 Å². The highest BCUT2D eigenvalue weighted by Gasteiger charge is 2.22. The zero-order valence-corrected chi connectivity index (χ0v) is 63.2. The molecule has 0 bridgehead atoms. The van der Waals surface area contributed by atoms with Crippen LogP contribution in [0.5, 0.6) is 0 Å². The molecule has 0 unspecified atom stereocenters. The molecule has 0 atom stereocenters. The predicted octanol–water partition coefficient (Wildman–Crippen LogP) is 26.2. The van der Waals surface area contributed by atoms with Crippen LogP contribution in [-0.4, -0.2) is 47.1 Å². The minimum Gasteiger partial charge on any atom is -0.456 e. The summed E-state index contributed by atoms with van der Waals surface area (Å²) >= 11 is 6.38. The summed E-state index contributed by atoms with van der Waals surface area (Å²) in [6.45, 7) is 0. The number of hydrogen-bond donors (Lipinski definition) is 2. The Morgan fingerprint density at radius 2 is 0.458 bits per heavy atom. The van der Waals surface area contributed by atoms with E-state index in [1.165, 1.54) is 0 Å². The first kappa shape index (κ1) is 69.3. The van der Waals surface area contributed by atoms with Crippen LogP contribution in [0.1, 0.15) is 0 Å². The van der Waals surface area contributed by atoms with Crippen molar-refractivity contribution in [2.45, 2.75) is 0 Å². The van der Waals surface area contributed by atoms with Crippen molar-refractivity contribution < 1.29 is 36.6 Å². The van der Waals surface area contributed by atoms with Gasteiger partial charge in [-0.15, -0.1) is 0 Å². The van der Waals surface area contributed by atoms with Gasteiger partial charge >= 0.3 is 7.12 Å². The molecule has 556 valence electrons. The lowest BCUT2D eigenvalue weighted by Crippen LogP contribution is -2.29. The van der Waals surface area contributed by atoms with Gasteiger partial charge in [-0.05, 0) is 154 Å². The number of benzene rings is 16. The predicted molar refractivity (Wildman–Crippen MR) is 474 cm³/mol. The molecular formula is C102H60BClN6O8. The number of hydrogen-bond acceptors (Lipinski definition) is 14. The van der Waals surface area contributed by atoms with Gasteiger partial charge in [-0.2, -0.15) is 9.97 Å². The Morgan fingerprint density at radius 3 is 0.847 bits per heavy atom. The number of halogens is 1. The molecule has 0 amide bonds. The standard InChI is InChI=1S/C51H29N3O3.C33H18ClN3O2.C18H13BO3/c1-2-10-30(11-3-1)31-20-23-40-41-25-22-35(29-47(41)56-45(40)27-31)51-53-49(52-50(54-51)34-21-24-39-37-14-4-6-18-43(37)55-46(39)28-34)33-13-8-12-32(26-33)36-16-9-17-42-38-15-5-7-19-44(38)57-48(36)42;34-33-36-31(21-11-14-24-23-8-4-5-9-27(23)38-29(24)17-21)35-32(37-33)22-12-15-26-25-13-10-20(19-6-2-1-3-7-19)16-28(25)39-30(26)18-22;20-19(21)13-6-3-5-12(11-13)14-8-4-9-16-15-7-1-2-10-17(15)22-18(14)16/h1-29H;1-18H;1-11,20-21H. The number of furan rings is 6. The van der Waals surface area contributed by atoms with Crippen LogP contribution in [0.4, 0.5) is 0 Å². The molecule has 118 heavy (non-hydrogen) atoms. The zero-order valence-electron chi connectivity index (χ0n) is 62.5. The Kier molecular flexibility index (Phi) is 16.8. The second-order valence-corrected chi connectivity index (χ2v) is 29.4. The van der Waals surface area contributed by atoms with Crippen LogP contribution in [0.25, 0.3) is 233 Å². The molecule has 0 saturated heterocycles. The lowest BCUT2D eigenvalue weighted by atomic mass is 9.79. The third-order valence-electron chi connectivity index (χ3n) is 21.9. The Balaban J connectivity index is 0.000000118. The van der Waals surface area contributed by atoms with Gasteiger partial charge in [-0.3, -0.25) is 0 Å². The molecule has 0 saturated carbocycles. The van der Waals surface area contributed by atoms with Crippen molar-refractivity contribution in [1.29, 1.82) is 0 Å². The van der Waals surface area contributed by atoms with Gasteiger partial charge in [0, 0.05) is 104 Å². The van der Waals surface area contributed by atoms with E-state index in [9.17, 15) is 10.0 Å². The largest absolute Gasteiger partial charge is 0.488 e. The van der Waals surface area contributed by atoms with Crippen LogP contribution < -0.4 is 5.46 Å². The van der Waals surface area contributed by atoms with Crippen molar-refractivity contribution in [1.82, 2.24) is 29.9 Å². The molecule has 0 spiro atoms. The van der Waals surface area contributed by atoms with Crippen LogP contribution in [0.15, 0.2) is 378 Å². The summed E-state index contributed by atoms with van der Waals surface area (Å²) in [5.41, 5.74) is 22.7. The van der Waals surface area contributed by atoms with E-state index in [1.54, 1.807) is 12.1 Å². The van der Waals surface area contributed by atoms with E-state index in [0.717, 1.165) is 204 Å². The summed E-state index contributed by atoms with van der Waals surface area (Å²) in [7, 11) is -1.48. The molecule has 8 aromatic heterocycles. The first-order chi connectivity index (χ1) is 58.1. The Morgan fingerprint density at radius 1 is 0.195 bits per heavy atom. The van der Waals surface area contributed by atoms with Crippen molar-refractivity contribution >= 4 is 156 Å². The van der Waals surface area contributed by atoms with Crippen molar-refractivity contribution in [3.63, 3.8) is 0 Å². The Labute approximate surface area is 676 Å². The van der Waals surface area contributed by atoms with Gasteiger partial charge in [0.2, 0.25) is 5.28 Å². The molecule has 8 heterocycles. The van der Waals surface area contributed by atoms with Gasteiger partial charge in [0.25, 0.3) is 0 Å². The number of para-hydroxylation sites is 6. The molecule has 24 aromatic rings. The lowest BCUT2D eigenvalue weighted by Gasteiger charge is -2.10. The smallest absolute Gasteiger partial charge is 0.456 e. The van der Waals surface area contributed by atoms with Crippen LogP contribution in [0.2, 0.25) is 5.28 Å². The van der Waals surface area contributed by atoms with Gasteiger partial charge in [0.15, 0.2) is 29.1 Å². The normalized spacial score (nSPS) is 11.7. The van der Waals surface area contributed by atoms with Gasteiger partial charge in [-0.1, -0.05) is 249 Å². The highest BCUT2D eigenvalue weighted by Crippen LogP contribution is 2.43. The maximum atomic E-state index is 9.35. The van der Waals surface area contributed by atoms with E-state index in [-0.39, 0.29) is 5.28 Å². The van der Waals surface area contributed by atoms with Gasteiger partial charge in [0.05, 0.1) is 0 Å². The third-order valence-corrected chi connectivity index (χ3v) is 22.1. The van der Waals surface area contributed by atoms with E-state index in [0.29, 0.717) is 34.6 Å². The first-order valence-electron chi connectivity index (χ1n) is 38.6. The Bertz CT molecular complexity index is 8110. The summed E-state index contributed by atoms with van der Waals surface area (Å²) in [6.07, 6.45) is 0. The zero-order chi connectivity index (χ0) is 78.5. The van der Waals surface area contributed by atoms with Crippen LogP contribution >= 0.6 is 11.6 Å². The molecule has 0 aliphatic rings. The highest BCUT2D eigenvalue weighted by atomic mass is 35.5. The fourth-order valence-corrected chi connectivity index (χ4v) is 16.4. The molecule has 0 fully saturated rings. The third kappa shape index (κ3) is 12.5. The topological polar surface area (TPSA) is 197 Å². The lowest BCUT2D eigenvalue weighted by molar-refractivity contribution is 0.426. The van der Waals surface area contributed by atoms with Gasteiger partial charge in [0.1, 0.15) is 67.0 Å². The van der Waals surface area contributed by atoms with E-state index in [4.69, 9.17) is 58.0 Å². The van der Waals surface area contributed by atoms with Crippen LogP contribution in [0, 0.1) is 0 Å². The van der Waals surface area contributed by atoms with Crippen molar-refractivity contribution in [3.05, 3.63) is 357 Å². The van der Waals surface area contributed by atoms with E-state index in [2.05, 4.69) is 143 Å². The molecule has 14 nitrogen and oxygen atoms in total. The molecule has 16 aromatic carbocycles. The number of rotatable bonds is 10. The monoisotopic (exact) mass is 1540 g/mol. The molecule has 16 heteroatoms. The van der Waals surface area contributed by atoms with Crippen molar-refractivity contribution in [2.75, 3.05) is 0 Å². The fourth-order valence-electron chi connectivity index (χ4n) is 16.2. The maximum Gasteiger partial charge on any atom is 0.488 e. The second-order valence-electron chi connectivity index (χ2n) is 29.1. The summed E-state index contributed by atoms with van der Waals surface area (Å²) < 4.78 is 37.6. The minimum atomic E-state index is -1.48. The molecule has 0 aliphatic carbocycles. The SMILES string of the molecule is Clc1nc(-c2ccc3c(c2)oc2ccccc23)nc(-c2ccc3c(c2)oc2cc(-c4ccccc4)ccc23)n1.OB(O)c1cccc(-c2cccc3c2oc2ccccc23)c1.c1ccc(-c2ccc3c(c2)oc2cc(-c4nc(-c5cccc(-c6cccc7c6oc6ccccc67)c5)nc(-c5ccc6c(c5)oc5ccccc56)n4)ccc23)cc1. The van der Waals surface area contributed by atoms with Crippen molar-refractivity contribution in [2.24, 2.45) is 0 Å². The molecular weight excluding hydrogens is 1480 g/mol. The van der Waals surface area contributed by atoms with Gasteiger partial charge < -0.3 is 36.6 Å². The van der Waals surface area contributed by atoms with Crippen LogP contribution in [-0.2, 0) is 0 Å². The fraction of sp³-hybridized carbons (Fsp3) is 0. The highest BCUT2D eigenvalue weighted by molar-refractivity contribution is 6.58. The summed E-state index contributed by atoms with van der Waals surface area (Å²) in [4.78, 5) is 28.9. The van der Waals surface area contributed by atoms with Crippen LogP contribution in [0.3, 0.4) is 0 Å². The van der Waals surface area contributed by atoms with Gasteiger partial charge in [-0.25, -0.2) is 19.9 Å². The average Bonchev–Trinajstić information content (AvgIpc) is 1.66. The molecule has 0 aliphatic heterocycles. The Hall–Kier alpha value is -15.4. The first-order valence-corrected chi connectivity index (χ1v) is 38.9. The molecule has 2 N–H and O–H groups in total. The maximum absolute atomic E-state index is 9.35. The van der Waals surface area contributed by atoms with E-state index in [1.807, 2.05) is 206 Å². The second kappa shape index (κ2) is 28.6. The summed E-state index contributed by atoms with van der Waals surface area (Å²) in [6, 6.07) is 118. The van der Waals surface area contributed by atoms with E-state index < -0.39 is 7.12 Å². The molecule has 24 rings (SSSR count). The number of nitrogens with zero attached hydrogens (tertiary/aromatic N) is 6.